The van der Waals surface area contributed by atoms with E-state index in [1.807, 2.05) is 66.7 Å². The Balaban J connectivity index is 1.52. The minimum absolute atomic E-state index is 0.0580. The van der Waals surface area contributed by atoms with Crippen LogP contribution in [0, 0.1) is 0 Å². The maximum atomic E-state index is 14.2. The number of nitrogens with one attached hydrogen (secondary N) is 1. The van der Waals surface area contributed by atoms with Crippen molar-refractivity contribution >= 4 is 27.7 Å². The molecule has 9 heteroatoms. The lowest BCUT2D eigenvalue weighted by atomic mass is 9.97. The molecule has 0 bridgehead atoms. The van der Waals surface area contributed by atoms with Crippen LogP contribution in [0.25, 0.3) is 0 Å². The molecule has 2 heterocycles. The number of amides is 1. The lowest BCUT2D eigenvalue weighted by molar-refractivity contribution is -0.173. The number of halogens is 4. The van der Waals surface area contributed by atoms with Crippen LogP contribution >= 0.6 is 15.9 Å². The van der Waals surface area contributed by atoms with Crippen LogP contribution < -0.4 is 5.32 Å². The van der Waals surface area contributed by atoms with Gasteiger partial charge in [0.25, 0.3) is 5.91 Å². The number of anilines is 1. The highest BCUT2D eigenvalue weighted by Gasteiger charge is 2.48. The van der Waals surface area contributed by atoms with Gasteiger partial charge in [-0.25, -0.2) is 4.68 Å². The summed E-state index contributed by atoms with van der Waals surface area (Å²) in [6, 6.07) is 25.5. The third-order valence-corrected chi connectivity index (χ3v) is 7.17. The van der Waals surface area contributed by atoms with Crippen LogP contribution in [0.1, 0.15) is 45.7 Å². The van der Waals surface area contributed by atoms with Gasteiger partial charge in [-0.05, 0) is 32.6 Å². The average Bonchev–Trinajstić information content (AvgIpc) is 3.24. The van der Waals surface area contributed by atoms with E-state index in [-0.39, 0.29) is 35.5 Å². The first-order chi connectivity index (χ1) is 17.8. The number of benzene rings is 3. The summed E-state index contributed by atoms with van der Waals surface area (Å²) in [6.45, 7) is 0.567. The van der Waals surface area contributed by atoms with Crippen molar-refractivity contribution in [3.8, 4) is 0 Å². The number of aromatic nitrogens is 2. The van der Waals surface area contributed by atoms with Crippen molar-refractivity contribution in [2.45, 2.75) is 37.8 Å². The van der Waals surface area contributed by atoms with Crippen LogP contribution in [0.5, 0.6) is 0 Å². The van der Waals surface area contributed by atoms with E-state index in [4.69, 9.17) is 0 Å². The van der Waals surface area contributed by atoms with Gasteiger partial charge < -0.3 is 10.2 Å². The third-order valence-electron chi connectivity index (χ3n) is 6.42. The van der Waals surface area contributed by atoms with Gasteiger partial charge in [-0.15, -0.1) is 0 Å². The van der Waals surface area contributed by atoms with Gasteiger partial charge in [0.05, 0.1) is 10.5 Å². The zero-order chi connectivity index (χ0) is 26.0. The minimum Gasteiger partial charge on any atom is -0.362 e. The number of fused-ring (bicyclic) bond motifs is 1. The van der Waals surface area contributed by atoms with Crippen molar-refractivity contribution in [2.75, 3.05) is 5.32 Å². The molecule has 0 aliphatic carbocycles. The first kappa shape index (κ1) is 25.1. The molecular formula is C28H24BrF3N4O. The minimum atomic E-state index is -4.54. The highest BCUT2D eigenvalue weighted by Crippen LogP contribution is 2.46. The van der Waals surface area contributed by atoms with Crippen LogP contribution in [-0.2, 0) is 13.1 Å². The van der Waals surface area contributed by atoms with Gasteiger partial charge in [0, 0.05) is 19.5 Å². The second kappa shape index (κ2) is 10.4. The molecule has 1 aliphatic rings. The maximum Gasteiger partial charge on any atom is 0.410 e. The first-order valence-corrected chi connectivity index (χ1v) is 12.6. The molecule has 3 aromatic carbocycles. The molecule has 2 atom stereocenters. The van der Waals surface area contributed by atoms with Gasteiger partial charge in [-0.3, -0.25) is 4.79 Å². The van der Waals surface area contributed by atoms with Crippen LogP contribution in [0.2, 0.25) is 0 Å². The number of carbonyl (C=O) groups excluding carboxylic acids is 1. The molecule has 0 spiro atoms. The number of carbonyl (C=O) groups is 1. The third kappa shape index (κ3) is 5.41. The van der Waals surface area contributed by atoms with Crippen LogP contribution in [-0.4, -0.2) is 26.8 Å². The molecule has 1 amide bonds. The molecule has 37 heavy (non-hydrogen) atoms. The SMILES string of the molecule is O=C(c1nn2c(c1Br)N[C@@H](c1ccccc1)C[C@H]2C(F)(F)F)N(Cc1ccccc1)Cc1ccccc1. The van der Waals surface area contributed by atoms with Crippen molar-refractivity contribution in [1.82, 2.24) is 14.7 Å². The fourth-order valence-corrected chi connectivity index (χ4v) is 5.13. The molecule has 4 aromatic rings. The average molecular weight is 569 g/mol. The van der Waals surface area contributed by atoms with Gasteiger partial charge >= 0.3 is 6.18 Å². The normalized spacial score (nSPS) is 17.1. The first-order valence-electron chi connectivity index (χ1n) is 11.8. The molecule has 190 valence electrons. The monoisotopic (exact) mass is 568 g/mol. The smallest absolute Gasteiger partial charge is 0.362 e. The summed E-state index contributed by atoms with van der Waals surface area (Å²) in [4.78, 5) is 15.4. The summed E-state index contributed by atoms with van der Waals surface area (Å²) in [7, 11) is 0. The van der Waals surface area contributed by atoms with Crippen LogP contribution in [0.4, 0.5) is 19.0 Å². The van der Waals surface area contributed by atoms with E-state index in [0.29, 0.717) is 0 Å². The van der Waals surface area contributed by atoms with Gasteiger partial charge in [0.15, 0.2) is 11.7 Å². The maximum absolute atomic E-state index is 14.2. The van der Waals surface area contributed by atoms with E-state index < -0.39 is 24.2 Å². The highest BCUT2D eigenvalue weighted by molar-refractivity contribution is 9.10. The Labute approximate surface area is 221 Å². The Kier molecular flexibility index (Phi) is 7.06. The van der Waals surface area contributed by atoms with E-state index in [2.05, 4.69) is 26.3 Å². The van der Waals surface area contributed by atoms with Gasteiger partial charge in [0.2, 0.25) is 0 Å². The molecular weight excluding hydrogens is 545 g/mol. The summed E-state index contributed by atoms with van der Waals surface area (Å²) < 4.78 is 43.7. The standard InChI is InChI=1S/C28H24BrF3N4O/c29-24-25(27(37)35(17-19-10-4-1-5-11-19)18-20-12-6-2-7-13-20)34-36-23(28(30,31)32)16-22(33-26(24)36)21-14-8-3-9-15-21/h1-15,22-23,33H,16-18H2/t22-,23+/m1/s1. The summed E-state index contributed by atoms with van der Waals surface area (Å²) in [5, 5.41) is 7.41. The Morgan fingerprint density at radius 1 is 0.919 bits per heavy atom. The van der Waals surface area contributed by atoms with E-state index >= 15 is 0 Å². The molecule has 0 saturated heterocycles. The van der Waals surface area contributed by atoms with E-state index in [0.717, 1.165) is 21.4 Å². The Bertz CT molecular complexity index is 1320. The highest BCUT2D eigenvalue weighted by atomic mass is 79.9. The molecule has 5 rings (SSSR count). The fraction of sp³-hybridized carbons (Fsp3) is 0.214. The fourth-order valence-electron chi connectivity index (χ4n) is 4.59. The number of nitrogens with zero attached hydrogens (tertiary/aromatic N) is 3. The molecule has 1 N–H and O–H groups in total. The predicted octanol–water partition coefficient (Wildman–Crippen LogP) is 7.15. The summed E-state index contributed by atoms with van der Waals surface area (Å²) in [6.07, 6.45) is -4.77. The Morgan fingerprint density at radius 3 is 1.95 bits per heavy atom. The van der Waals surface area contributed by atoms with Crippen molar-refractivity contribution in [3.63, 3.8) is 0 Å². The zero-order valence-electron chi connectivity index (χ0n) is 19.7. The predicted molar refractivity (Wildman–Crippen MR) is 139 cm³/mol. The largest absolute Gasteiger partial charge is 0.410 e. The van der Waals surface area contributed by atoms with Crippen LogP contribution in [0.3, 0.4) is 0 Å². The van der Waals surface area contributed by atoms with Gasteiger partial charge in [-0.1, -0.05) is 91.0 Å². The number of hydrogen-bond acceptors (Lipinski definition) is 3. The summed E-state index contributed by atoms with van der Waals surface area (Å²) >= 11 is 3.41. The van der Waals surface area contributed by atoms with Crippen molar-refractivity contribution in [1.29, 1.82) is 0 Å². The molecule has 0 saturated carbocycles. The summed E-state index contributed by atoms with van der Waals surface area (Å²) in [5.41, 5.74) is 2.49. The van der Waals surface area contributed by atoms with Gasteiger partial charge in [0.1, 0.15) is 5.82 Å². The topological polar surface area (TPSA) is 50.2 Å². The Hall–Kier alpha value is -3.59. The molecule has 1 aromatic heterocycles. The van der Waals surface area contributed by atoms with Gasteiger partial charge in [-0.2, -0.15) is 18.3 Å². The zero-order valence-corrected chi connectivity index (χ0v) is 21.3. The van der Waals surface area contributed by atoms with Crippen molar-refractivity contribution < 1.29 is 18.0 Å². The molecule has 5 nitrogen and oxygen atoms in total. The lowest BCUT2D eigenvalue weighted by Gasteiger charge is -2.33. The number of alkyl halides is 3. The van der Waals surface area contributed by atoms with Crippen molar-refractivity contribution in [3.05, 3.63) is 118 Å². The number of rotatable bonds is 6. The number of hydrogen-bond donors (Lipinski definition) is 1. The summed E-state index contributed by atoms with van der Waals surface area (Å²) in [5.74, 6) is -0.314. The van der Waals surface area contributed by atoms with Crippen molar-refractivity contribution in [2.24, 2.45) is 0 Å². The van der Waals surface area contributed by atoms with Crippen LogP contribution in [0.15, 0.2) is 95.5 Å². The second-order valence-electron chi connectivity index (χ2n) is 8.99. The lowest BCUT2D eigenvalue weighted by Crippen LogP contribution is -2.36. The second-order valence-corrected chi connectivity index (χ2v) is 9.78. The molecule has 0 fully saturated rings. The van der Waals surface area contributed by atoms with E-state index in [1.165, 1.54) is 0 Å². The Morgan fingerprint density at radius 2 is 1.43 bits per heavy atom. The quantitative estimate of drug-likeness (QED) is 0.269. The molecule has 1 aliphatic heterocycles. The van der Waals surface area contributed by atoms with E-state index in [9.17, 15) is 18.0 Å². The molecule has 0 radical (unpaired) electrons. The molecule has 0 unspecified atom stereocenters. The van der Waals surface area contributed by atoms with E-state index in [1.54, 1.807) is 29.2 Å².